The zero-order chi connectivity index (χ0) is 17.5. The van der Waals surface area contributed by atoms with Crippen LogP contribution in [0, 0.1) is 5.92 Å². The molecule has 0 spiro atoms. The molecule has 2 aromatic carbocycles. The lowest BCUT2D eigenvalue weighted by molar-refractivity contribution is -0.135. The Labute approximate surface area is 152 Å². The lowest BCUT2D eigenvalue weighted by Gasteiger charge is -2.30. The Balaban J connectivity index is 1.29. The minimum atomic E-state index is 0.0234. The second-order valence-electron chi connectivity index (χ2n) is 7.17. The Kier molecular flexibility index (Phi) is 3.66. The van der Waals surface area contributed by atoms with Crippen molar-refractivity contribution in [1.29, 1.82) is 0 Å². The van der Waals surface area contributed by atoms with Gasteiger partial charge in [0.25, 0.3) is 6.01 Å². The van der Waals surface area contributed by atoms with Crippen molar-refractivity contribution in [3.05, 3.63) is 59.7 Å². The van der Waals surface area contributed by atoms with Gasteiger partial charge in [-0.25, -0.2) is 0 Å². The standard InChI is InChI=1S/C21H21N3O2/c25-20(23-11-9-15-5-1-2-6-16(15)13-23)17-10-12-24(14-17)21-22-18-7-3-4-8-19(18)26-21/h1-8,17H,9-14H2. The molecular formula is C21H21N3O2. The SMILES string of the molecule is O=C(C1CCN(c2nc3ccccc3o2)C1)N1CCc2ccccc2C1. The average molecular weight is 347 g/mol. The molecule has 1 aromatic heterocycles. The molecule has 1 fully saturated rings. The van der Waals surface area contributed by atoms with Gasteiger partial charge < -0.3 is 14.2 Å². The molecule has 0 N–H and O–H groups in total. The van der Waals surface area contributed by atoms with E-state index in [1.165, 1.54) is 11.1 Å². The van der Waals surface area contributed by atoms with Crippen molar-refractivity contribution >= 4 is 23.0 Å². The summed E-state index contributed by atoms with van der Waals surface area (Å²) >= 11 is 0. The molecule has 0 aliphatic carbocycles. The van der Waals surface area contributed by atoms with Gasteiger partial charge in [0.2, 0.25) is 5.91 Å². The first-order valence-electron chi connectivity index (χ1n) is 9.24. The molecule has 5 rings (SSSR count). The van der Waals surface area contributed by atoms with Gasteiger partial charge in [-0.15, -0.1) is 0 Å². The Bertz CT molecular complexity index is 932. The van der Waals surface area contributed by atoms with Crippen LogP contribution in [0.15, 0.2) is 52.9 Å². The molecule has 5 nitrogen and oxygen atoms in total. The highest BCUT2D eigenvalue weighted by molar-refractivity contribution is 5.81. The van der Waals surface area contributed by atoms with E-state index in [1.54, 1.807) is 0 Å². The largest absolute Gasteiger partial charge is 0.423 e. The number of fused-ring (bicyclic) bond motifs is 2. The molecule has 1 saturated heterocycles. The number of carbonyl (C=O) groups is 1. The lowest BCUT2D eigenvalue weighted by Crippen LogP contribution is -2.40. The van der Waals surface area contributed by atoms with Crippen LogP contribution in [0.2, 0.25) is 0 Å². The van der Waals surface area contributed by atoms with Gasteiger partial charge in [0.15, 0.2) is 5.58 Å². The number of hydrogen-bond donors (Lipinski definition) is 0. The fraction of sp³-hybridized carbons (Fsp3) is 0.333. The van der Waals surface area contributed by atoms with E-state index in [2.05, 4.69) is 34.1 Å². The van der Waals surface area contributed by atoms with Crippen LogP contribution in [0.5, 0.6) is 0 Å². The monoisotopic (exact) mass is 347 g/mol. The second-order valence-corrected chi connectivity index (χ2v) is 7.17. The molecule has 132 valence electrons. The quantitative estimate of drug-likeness (QED) is 0.714. The molecular weight excluding hydrogens is 326 g/mol. The lowest BCUT2D eigenvalue weighted by atomic mass is 9.98. The van der Waals surface area contributed by atoms with E-state index in [0.29, 0.717) is 12.6 Å². The summed E-state index contributed by atoms with van der Waals surface area (Å²) in [6.45, 7) is 3.04. The number of para-hydroxylation sites is 2. The summed E-state index contributed by atoms with van der Waals surface area (Å²) in [5.74, 6) is 0.286. The van der Waals surface area contributed by atoms with Crippen molar-refractivity contribution in [2.24, 2.45) is 5.92 Å². The molecule has 26 heavy (non-hydrogen) atoms. The van der Waals surface area contributed by atoms with Crippen molar-refractivity contribution in [2.75, 3.05) is 24.5 Å². The van der Waals surface area contributed by atoms with Crippen LogP contribution in [-0.4, -0.2) is 35.4 Å². The summed E-state index contributed by atoms with van der Waals surface area (Å²) in [6.07, 6.45) is 1.80. The highest BCUT2D eigenvalue weighted by atomic mass is 16.4. The van der Waals surface area contributed by atoms with E-state index in [0.717, 1.165) is 43.6 Å². The molecule has 2 aliphatic rings. The Morgan fingerprint density at radius 1 is 1.04 bits per heavy atom. The number of oxazole rings is 1. The van der Waals surface area contributed by atoms with Crippen LogP contribution in [0.3, 0.4) is 0 Å². The molecule has 3 heterocycles. The summed E-state index contributed by atoms with van der Waals surface area (Å²) in [4.78, 5) is 21.7. The highest BCUT2D eigenvalue weighted by Gasteiger charge is 2.34. The smallest absolute Gasteiger partial charge is 0.298 e. The Hall–Kier alpha value is -2.82. The van der Waals surface area contributed by atoms with Gasteiger partial charge >= 0.3 is 0 Å². The first kappa shape index (κ1) is 15.4. The van der Waals surface area contributed by atoms with Gasteiger partial charge in [-0.3, -0.25) is 4.79 Å². The number of nitrogens with zero attached hydrogens (tertiary/aromatic N) is 3. The fourth-order valence-electron chi connectivity index (χ4n) is 4.07. The maximum Gasteiger partial charge on any atom is 0.298 e. The van der Waals surface area contributed by atoms with Crippen LogP contribution < -0.4 is 4.90 Å². The second kappa shape index (κ2) is 6.16. The zero-order valence-electron chi connectivity index (χ0n) is 14.6. The topological polar surface area (TPSA) is 49.6 Å². The van der Waals surface area contributed by atoms with Gasteiger partial charge in [-0.1, -0.05) is 36.4 Å². The van der Waals surface area contributed by atoms with E-state index in [-0.39, 0.29) is 11.8 Å². The van der Waals surface area contributed by atoms with Crippen molar-refractivity contribution < 1.29 is 9.21 Å². The van der Waals surface area contributed by atoms with E-state index < -0.39 is 0 Å². The van der Waals surface area contributed by atoms with Crippen LogP contribution in [-0.2, 0) is 17.8 Å². The molecule has 0 bridgehead atoms. The molecule has 3 aromatic rings. The first-order valence-corrected chi connectivity index (χ1v) is 9.24. The number of benzene rings is 2. The number of carbonyl (C=O) groups excluding carboxylic acids is 1. The summed E-state index contributed by atoms with van der Waals surface area (Å²) in [5.41, 5.74) is 4.31. The van der Waals surface area contributed by atoms with Gasteiger partial charge in [0.05, 0.1) is 5.92 Å². The maximum absolute atomic E-state index is 13.0. The van der Waals surface area contributed by atoms with Gasteiger partial charge in [0, 0.05) is 26.2 Å². The Morgan fingerprint density at radius 3 is 2.73 bits per heavy atom. The van der Waals surface area contributed by atoms with E-state index in [9.17, 15) is 4.79 Å². The number of hydrogen-bond acceptors (Lipinski definition) is 4. The minimum Gasteiger partial charge on any atom is -0.423 e. The predicted molar refractivity (Wildman–Crippen MR) is 99.9 cm³/mol. The molecule has 0 radical (unpaired) electrons. The number of rotatable bonds is 2. The third kappa shape index (κ3) is 2.64. The van der Waals surface area contributed by atoms with Crippen LogP contribution in [0.1, 0.15) is 17.5 Å². The van der Waals surface area contributed by atoms with Crippen molar-refractivity contribution in [3.63, 3.8) is 0 Å². The van der Waals surface area contributed by atoms with Crippen molar-refractivity contribution in [1.82, 2.24) is 9.88 Å². The first-order chi connectivity index (χ1) is 12.8. The van der Waals surface area contributed by atoms with Gasteiger partial charge in [-0.2, -0.15) is 4.98 Å². The highest BCUT2D eigenvalue weighted by Crippen LogP contribution is 2.29. The van der Waals surface area contributed by atoms with Gasteiger partial charge in [0.1, 0.15) is 5.52 Å². The minimum absolute atomic E-state index is 0.0234. The number of aromatic nitrogens is 1. The third-order valence-corrected chi connectivity index (χ3v) is 5.53. The average Bonchev–Trinajstić information content (AvgIpc) is 3.34. The molecule has 1 atom stereocenters. The summed E-state index contributed by atoms with van der Waals surface area (Å²) in [5, 5.41) is 0. The Morgan fingerprint density at radius 2 is 1.85 bits per heavy atom. The molecule has 0 saturated carbocycles. The maximum atomic E-state index is 13.0. The number of anilines is 1. The predicted octanol–water partition coefficient (Wildman–Crippen LogP) is 3.24. The van der Waals surface area contributed by atoms with Crippen LogP contribution >= 0.6 is 0 Å². The van der Waals surface area contributed by atoms with E-state index >= 15 is 0 Å². The van der Waals surface area contributed by atoms with Gasteiger partial charge in [-0.05, 0) is 36.1 Å². The molecule has 1 amide bonds. The van der Waals surface area contributed by atoms with Crippen molar-refractivity contribution in [2.45, 2.75) is 19.4 Å². The third-order valence-electron chi connectivity index (χ3n) is 5.53. The van der Waals surface area contributed by atoms with Crippen LogP contribution in [0.25, 0.3) is 11.1 Å². The molecule has 1 unspecified atom stereocenters. The van der Waals surface area contributed by atoms with Crippen molar-refractivity contribution in [3.8, 4) is 0 Å². The summed E-state index contributed by atoms with van der Waals surface area (Å²) in [7, 11) is 0. The van der Waals surface area contributed by atoms with Crippen LogP contribution in [0.4, 0.5) is 6.01 Å². The zero-order valence-corrected chi connectivity index (χ0v) is 14.6. The van der Waals surface area contributed by atoms with E-state index in [4.69, 9.17) is 4.42 Å². The normalized spacial score (nSPS) is 19.8. The molecule has 5 heteroatoms. The van der Waals surface area contributed by atoms with E-state index in [1.807, 2.05) is 29.2 Å². The fourth-order valence-corrected chi connectivity index (χ4v) is 4.07. The molecule has 2 aliphatic heterocycles. The summed E-state index contributed by atoms with van der Waals surface area (Å²) in [6, 6.07) is 16.8. The summed E-state index contributed by atoms with van der Waals surface area (Å²) < 4.78 is 5.86. The number of amides is 1.